The van der Waals surface area contributed by atoms with Crippen LogP contribution in [0.2, 0.25) is 0 Å². The summed E-state index contributed by atoms with van der Waals surface area (Å²) in [6, 6.07) is 10.7. The number of aromatic nitrogens is 2. The highest BCUT2D eigenvalue weighted by Crippen LogP contribution is 2.22. The summed E-state index contributed by atoms with van der Waals surface area (Å²) >= 11 is 0. The second-order valence-electron chi connectivity index (χ2n) is 8.66. The number of esters is 1. The normalized spacial score (nSPS) is 13.6. The van der Waals surface area contributed by atoms with Gasteiger partial charge in [0.25, 0.3) is 11.5 Å². The Kier molecular flexibility index (Phi) is 7.40. The van der Waals surface area contributed by atoms with Crippen molar-refractivity contribution in [3.05, 3.63) is 69.3 Å². The molecular weight excluding hydrogens is 430 g/mol. The van der Waals surface area contributed by atoms with E-state index in [9.17, 15) is 14.4 Å². The molecule has 0 aliphatic carbocycles. The van der Waals surface area contributed by atoms with Crippen molar-refractivity contribution in [3.63, 3.8) is 0 Å². The molecule has 7 heteroatoms. The lowest BCUT2D eigenvalue weighted by molar-refractivity contribution is -0.119. The monoisotopic (exact) mass is 461 g/mol. The summed E-state index contributed by atoms with van der Waals surface area (Å²) in [5.74, 6) is -0.240. The van der Waals surface area contributed by atoms with Gasteiger partial charge in [0.1, 0.15) is 5.82 Å². The topological polar surface area (TPSA) is 90.3 Å². The van der Waals surface area contributed by atoms with Crippen molar-refractivity contribution in [2.75, 3.05) is 11.9 Å². The highest BCUT2D eigenvalue weighted by molar-refractivity contribution is 5.98. The molecule has 1 aromatic heterocycles. The minimum atomic E-state index is -0.620. The molecule has 1 aliphatic heterocycles. The first-order valence-electron chi connectivity index (χ1n) is 12.1. The number of rotatable bonds is 6. The van der Waals surface area contributed by atoms with Crippen molar-refractivity contribution in [2.45, 2.75) is 65.3 Å². The van der Waals surface area contributed by atoms with Gasteiger partial charge in [-0.1, -0.05) is 44.9 Å². The molecule has 1 N–H and O–H groups in total. The first kappa shape index (κ1) is 23.7. The fourth-order valence-electron chi connectivity index (χ4n) is 4.52. The zero-order valence-electron chi connectivity index (χ0n) is 19.9. The number of carbonyl (C=O) groups excluding carboxylic acids is 2. The number of carbonyl (C=O) groups is 2. The Morgan fingerprint density at radius 2 is 1.76 bits per heavy atom. The van der Waals surface area contributed by atoms with Gasteiger partial charge < -0.3 is 10.1 Å². The molecule has 178 valence electrons. The van der Waals surface area contributed by atoms with E-state index in [4.69, 9.17) is 4.74 Å². The molecule has 1 aliphatic rings. The van der Waals surface area contributed by atoms with Gasteiger partial charge in [-0.15, -0.1) is 0 Å². The van der Waals surface area contributed by atoms with E-state index in [1.54, 1.807) is 22.8 Å². The third-order valence-electron chi connectivity index (χ3n) is 6.40. The van der Waals surface area contributed by atoms with Gasteiger partial charge in [-0.05, 0) is 55.0 Å². The molecule has 0 radical (unpaired) electrons. The Bertz CT molecular complexity index is 1260. The molecule has 4 rings (SSSR count). The molecule has 34 heavy (non-hydrogen) atoms. The van der Waals surface area contributed by atoms with Crippen LogP contribution in [0.4, 0.5) is 5.69 Å². The second kappa shape index (κ2) is 10.6. The number of fused-ring (bicyclic) bond motifs is 2. The van der Waals surface area contributed by atoms with Crippen molar-refractivity contribution >= 4 is 28.5 Å². The molecule has 2 aromatic carbocycles. The van der Waals surface area contributed by atoms with Gasteiger partial charge in [0.15, 0.2) is 6.61 Å². The number of anilines is 1. The summed E-state index contributed by atoms with van der Waals surface area (Å²) in [5.41, 5.74) is 3.57. The highest BCUT2D eigenvalue weighted by Gasteiger charge is 2.17. The number of hydrogen-bond donors (Lipinski definition) is 1. The SMILES string of the molecule is CCc1cccc(CC)c1NC(=O)COC(=O)c1ccc2c(=O)n3c(nc2c1)CCCCCC3. The van der Waals surface area contributed by atoms with Crippen LogP contribution >= 0.6 is 0 Å². The molecular formula is C27H31N3O4. The van der Waals surface area contributed by atoms with Crippen molar-refractivity contribution in [1.82, 2.24) is 9.55 Å². The summed E-state index contributed by atoms with van der Waals surface area (Å²) in [6.45, 7) is 4.35. The maximum absolute atomic E-state index is 13.0. The fourth-order valence-corrected chi connectivity index (χ4v) is 4.52. The number of hydrogen-bond acceptors (Lipinski definition) is 5. The van der Waals surface area contributed by atoms with E-state index >= 15 is 0 Å². The summed E-state index contributed by atoms with van der Waals surface area (Å²) in [7, 11) is 0. The molecule has 0 bridgehead atoms. The van der Waals surface area contributed by atoms with E-state index in [1.165, 1.54) is 0 Å². The minimum Gasteiger partial charge on any atom is -0.452 e. The lowest BCUT2D eigenvalue weighted by Gasteiger charge is -2.16. The number of benzene rings is 2. The van der Waals surface area contributed by atoms with Crippen molar-refractivity contribution < 1.29 is 14.3 Å². The maximum atomic E-state index is 13.0. The van der Waals surface area contributed by atoms with E-state index in [1.807, 2.05) is 32.0 Å². The van der Waals surface area contributed by atoms with Gasteiger partial charge in [0.2, 0.25) is 0 Å². The van der Waals surface area contributed by atoms with E-state index in [2.05, 4.69) is 10.3 Å². The lowest BCUT2D eigenvalue weighted by atomic mass is 10.0. The van der Waals surface area contributed by atoms with Crippen LogP contribution in [-0.2, 0) is 35.3 Å². The molecule has 0 atom stereocenters. The predicted molar refractivity (Wildman–Crippen MR) is 132 cm³/mol. The van der Waals surface area contributed by atoms with Gasteiger partial charge in [0.05, 0.1) is 16.5 Å². The first-order chi connectivity index (χ1) is 16.5. The molecule has 2 heterocycles. The van der Waals surface area contributed by atoms with Crippen LogP contribution in [0.5, 0.6) is 0 Å². The maximum Gasteiger partial charge on any atom is 0.338 e. The van der Waals surface area contributed by atoms with Crippen LogP contribution in [0.1, 0.15) is 66.8 Å². The van der Waals surface area contributed by atoms with E-state index in [0.29, 0.717) is 17.4 Å². The third kappa shape index (κ3) is 5.03. The molecule has 0 unspecified atom stereocenters. The Balaban J connectivity index is 1.49. The van der Waals surface area contributed by atoms with Gasteiger partial charge in [-0.2, -0.15) is 0 Å². The number of nitrogens with one attached hydrogen (secondary N) is 1. The molecule has 0 saturated heterocycles. The third-order valence-corrected chi connectivity index (χ3v) is 6.40. The number of nitrogens with zero attached hydrogens (tertiary/aromatic N) is 2. The van der Waals surface area contributed by atoms with Crippen LogP contribution < -0.4 is 10.9 Å². The standard InChI is InChI=1S/C27H31N3O4/c1-3-18-10-9-11-19(4-2)25(18)29-24(31)17-34-27(33)20-13-14-21-22(16-20)28-23-12-7-5-6-8-15-30(23)26(21)32/h9-11,13-14,16H,3-8,12,15,17H2,1-2H3,(H,29,31). The fraction of sp³-hybridized carbons (Fsp3) is 0.407. The van der Waals surface area contributed by atoms with Crippen LogP contribution in [-0.4, -0.2) is 28.0 Å². The Hall–Kier alpha value is -3.48. The Morgan fingerprint density at radius 1 is 1.03 bits per heavy atom. The van der Waals surface area contributed by atoms with Gasteiger partial charge >= 0.3 is 5.97 Å². The first-order valence-corrected chi connectivity index (χ1v) is 12.1. The highest BCUT2D eigenvalue weighted by atomic mass is 16.5. The number of amides is 1. The van der Waals surface area contributed by atoms with E-state index < -0.39 is 12.6 Å². The number of aryl methyl sites for hydroxylation is 3. The molecule has 0 fully saturated rings. The predicted octanol–water partition coefficient (Wildman–Crippen LogP) is 4.43. The Labute approximate surface area is 199 Å². The van der Waals surface area contributed by atoms with Crippen LogP contribution in [0.25, 0.3) is 10.9 Å². The van der Waals surface area contributed by atoms with E-state index in [-0.39, 0.29) is 17.0 Å². The summed E-state index contributed by atoms with van der Waals surface area (Å²) in [6.07, 6.45) is 6.54. The summed E-state index contributed by atoms with van der Waals surface area (Å²) in [4.78, 5) is 42.8. The van der Waals surface area contributed by atoms with Gasteiger partial charge in [-0.25, -0.2) is 9.78 Å². The van der Waals surface area contributed by atoms with Crippen molar-refractivity contribution in [1.29, 1.82) is 0 Å². The van der Waals surface area contributed by atoms with Crippen molar-refractivity contribution in [3.8, 4) is 0 Å². The lowest BCUT2D eigenvalue weighted by Crippen LogP contribution is -2.26. The minimum absolute atomic E-state index is 0.0671. The average Bonchev–Trinajstić information content (AvgIpc) is 2.83. The quantitative estimate of drug-likeness (QED) is 0.549. The molecule has 7 nitrogen and oxygen atoms in total. The van der Waals surface area contributed by atoms with Crippen LogP contribution in [0.3, 0.4) is 0 Å². The second-order valence-corrected chi connectivity index (χ2v) is 8.66. The Morgan fingerprint density at radius 3 is 2.50 bits per heavy atom. The largest absolute Gasteiger partial charge is 0.452 e. The van der Waals surface area contributed by atoms with Gasteiger partial charge in [0, 0.05) is 18.7 Å². The smallest absolute Gasteiger partial charge is 0.338 e. The average molecular weight is 462 g/mol. The van der Waals surface area contributed by atoms with Crippen LogP contribution in [0, 0.1) is 0 Å². The van der Waals surface area contributed by atoms with E-state index in [0.717, 1.165) is 67.6 Å². The van der Waals surface area contributed by atoms with Crippen LogP contribution in [0.15, 0.2) is 41.2 Å². The zero-order valence-corrected chi connectivity index (χ0v) is 19.9. The molecule has 3 aromatic rings. The molecule has 0 saturated carbocycles. The molecule has 1 amide bonds. The number of para-hydroxylation sites is 1. The number of ether oxygens (including phenoxy) is 1. The van der Waals surface area contributed by atoms with Crippen molar-refractivity contribution in [2.24, 2.45) is 0 Å². The van der Waals surface area contributed by atoms with Gasteiger partial charge in [-0.3, -0.25) is 14.2 Å². The summed E-state index contributed by atoms with van der Waals surface area (Å²) < 4.78 is 7.04. The summed E-state index contributed by atoms with van der Waals surface area (Å²) in [5, 5.41) is 3.39. The zero-order chi connectivity index (χ0) is 24.1. The molecule has 0 spiro atoms.